The Bertz CT molecular complexity index is 811. The Morgan fingerprint density at radius 1 is 1.18 bits per heavy atom. The van der Waals surface area contributed by atoms with Crippen molar-refractivity contribution >= 4 is 5.69 Å². The number of piperidine rings is 1. The molecule has 0 aromatic heterocycles. The molecule has 2 aromatic carbocycles. The van der Waals surface area contributed by atoms with Crippen LogP contribution in [0.15, 0.2) is 36.4 Å². The van der Waals surface area contributed by atoms with Gasteiger partial charge in [-0.2, -0.15) is 0 Å². The van der Waals surface area contributed by atoms with Gasteiger partial charge >= 0.3 is 0 Å². The Kier molecular flexibility index (Phi) is 5.88. The second-order valence-corrected chi connectivity index (χ2v) is 7.32. The molecule has 6 heteroatoms. The fraction of sp³-hybridized carbons (Fsp3) is 0.455. The highest BCUT2D eigenvalue weighted by molar-refractivity contribution is 5.56. The molecule has 1 unspecified atom stereocenters. The molecular formula is C22H28N2O4. The van der Waals surface area contributed by atoms with Gasteiger partial charge in [0.1, 0.15) is 5.75 Å². The third-order valence-electron chi connectivity index (χ3n) is 5.25. The van der Waals surface area contributed by atoms with E-state index in [-0.39, 0.29) is 6.61 Å². The van der Waals surface area contributed by atoms with Crippen molar-refractivity contribution in [3.05, 3.63) is 47.5 Å². The second-order valence-electron chi connectivity index (χ2n) is 7.32. The van der Waals surface area contributed by atoms with Gasteiger partial charge in [-0.25, -0.2) is 0 Å². The van der Waals surface area contributed by atoms with E-state index in [4.69, 9.17) is 14.2 Å². The molecule has 2 N–H and O–H groups in total. The van der Waals surface area contributed by atoms with Crippen LogP contribution in [0.4, 0.5) is 5.69 Å². The fourth-order valence-electron chi connectivity index (χ4n) is 3.95. The highest BCUT2D eigenvalue weighted by Crippen LogP contribution is 2.34. The Balaban J connectivity index is 1.37. The van der Waals surface area contributed by atoms with Gasteiger partial charge in [0.25, 0.3) is 0 Å². The van der Waals surface area contributed by atoms with E-state index in [1.54, 1.807) is 0 Å². The van der Waals surface area contributed by atoms with Crippen LogP contribution in [0.3, 0.4) is 0 Å². The van der Waals surface area contributed by atoms with Crippen molar-refractivity contribution < 1.29 is 19.3 Å². The van der Waals surface area contributed by atoms with Crippen LogP contribution in [0.2, 0.25) is 0 Å². The van der Waals surface area contributed by atoms with Gasteiger partial charge in [0.2, 0.25) is 6.79 Å². The van der Waals surface area contributed by atoms with Crippen LogP contribution in [-0.4, -0.2) is 42.5 Å². The van der Waals surface area contributed by atoms with Crippen molar-refractivity contribution in [2.75, 3.05) is 31.8 Å². The molecule has 0 saturated carbocycles. The highest BCUT2D eigenvalue weighted by Gasteiger charge is 2.21. The number of fused-ring (bicyclic) bond motifs is 1. The van der Waals surface area contributed by atoms with E-state index < -0.39 is 0 Å². The summed E-state index contributed by atoms with van der Waals surface area (Å²) in [5, 5.41) is 13.3. The van der Waals surface area contributed by atoms with Crippen LogP contribution in [0, 0.1) is 0 Å². The number of aliphatic hydroxyl groups excluding tert-OH is 1. The largest absolute Gasteiger partial charge is 0.494 e. The van der Waals surface area contributed by atoms with Gasteiger partial charge in [0, 0.05) is 36.4 Å². The van der Waals surface area contributed by atoms with E-state index in [1.165, 1.54) is 5.56 Å². The smallest absolute Gasteiger partial charge is 0.231 e. The van der Waals surface area contributed by atoms with E-state index in [1.807, 2.05) is 31.2 Å². The lowest BCUT2D eigenvalue weighted by atomic mass is 10.0. The SMILES string of the molecule is CCOc1ccc(CN2CCCC(Nc3ccc4c(c3)OCO4)C2)cc1CO. The normalized spacial score (nSPS) is 18.9. The molecule has 0 bridgehead atoms. The molecule has 150 valence electrons. The number of hydrogen-bond donors (Lipinski definition) is 2. The van der Waals surface area contributed by atoms with E-state index in [0.717, 1.165) is 61.0 Å². The lowest BCUT2D eigenvalue weighted by Gasteiger charge is -2.33. The van der Waals surface area contributed by atoms with Gasteiger partial charge in [-0.3, -0.25) is 4.90 Å². The maximum absolute atomic E-state index is 9.63. The Morgan fingerprint density at radius 2 is 2.07 bits per heavy atom. The molecule has 1 atom stereocenters. The lowest BCUT2D eigenvalue weighted by Crippen LogP contribution is -2.41. The first kappa shape index (κ1) is 18.9. The van der Waals surface area contributed by atoms with Crippen LogP contribution in [0.25, 0.3) is 0 Å². The minimum Gasteiger partial charge on any atom is -0.494 e. The van der Waals surface area contributed by atoms with Gasteiger partial charge in [0.05, 0.1) is 13.2 Å². The molecule has 6 nitrogen and oxygen atoms in total. The Morgan fingerprint density at radius 3 is 2.93 bits per heavy atom. The molecule has 28 heavy (non-hydrogen) atoms. The summed E-state index contributed by atoms with van der Waals surface area (Å²) >= 11 is 0. The van der Waals surface area contributed by atoms with Crippen LogP contribution >= 0.6 is 0 Å². The molecule has 0 spiro atoms. The third kappa shape index (κ3) is 4.34. The molecule has 0 amide bonds. The second kappa shape index (κ2) is 8.71. The van der Waals surface area contributed by atoms with E-state index in [0.29, 0.717) is 19.4 Å². The molecule has 1 fully saturated rings. The number of nitrogens with zero attached hydrogens (tertiary/aromatic N) is 1. The molecule has 1 saturated heterocycles. The van der Waals surface area contributed by atoms with Crippen molar-refractivity contribution in [2.45, 2.75) is 39.0 Å². The van der Waals surface area contributed by atoms with E-state index in [9.17, 15) is 5.11 Å². The maximum Gasteiger partial charge on any atom is 0.231 e. The summed E-state index contributed by atoms with van der Waals surface area (Å²) in [7, 11) is 0. The number of anilines is 1. The number of ether oxygens (including phenoxy) is 3. The van der Waals surface area contributed by atoms with Gasteiger partial charge in [-0.1, -0.05) is 6.07 Å². The molecule has 2 aromatic rings. The van der Waals surface area contributed by atoms with Gasteiger partial charge < -0.3 is 24.6 Å². The Hall–Kier alpha value is -2.44. The lowest BCUT2D eigenvalue weighted by molar-refractivity contribution is 0.174. The molecule has 4 rings (SSSR count). The van der Waals surface area contributed by atoms with Crippen LogP contribution < -0.4 is 19.5 Å². The van der Waals surface area contributed by atoms with Gasteiger partial charge in [-0.15, -0.1) is 0 Å². The van der Waals surface area contributed by atoms with E-state index in [2.05, 4.69) is 22.3 Å². The first-order chi connectivity index (χ1) is 13.7. The standard InChI is InChI=1S/C22H28N2O4/c1-2-26-20-7-5-16(10-17(20)14-25)12-24-9-3-4-19(13-24)23-18-6-8-21-22(11-18)28-15-27-21/h5-8,10-11,19,23,25H,2-4,9,12-15H2,1H3. The predicted molar refractivity (Wildman–Crippen MR) is 108 cm³/mol. The van der Waals surface area contributed by atoms with E-state index >= 15 is 0 Å². The zero-order valence-electron chi connectivity index (χ0n) is 16.3. The monoisotopic (exact) mass is 384 g/mol. The highest BCUT2D eigenvalue weighted by atomic mass is 16.7. The minimum absolute atomic E-state index is 0.00251. The molecule has 2 aliphatic heterocycles. The zero-order chi connectivity index (χ0) is 19.3. The van der Waals surface area contributed by atoms with Gasteiger partial charge in [0.15, 0.2) is 11.5 Å². The average Bonchev–Trinajstić information content (AvgIpc) is 3.17. The molecular weight excluding hydrogens is 356 g/mol. The van der Waals surface area contributed by atoms with Crippen molar-refractivity contribution in [3.8, 4) is 17.2 Å². The molecule has 2 aliphatic rings. The van der Waals surface area contributed by atoms with Crippen LogP contribution in [-0.2, 0) is 13.2 Å². The summed E-state index contributed by atoms with van der Waals surface area (Å²) in [5.41, 5.74) is 3.13. The number of aliphatic hydroxyl groups is 1. The van der Waals surface area contributed by atoms with Crippen molar-refractivity contribution in [1.82, 2.24) is 4.90 Å². The third-order valence-corrected chi connectivity index (χ3v) is 5.25. The number of nitrogens with one attached hydrogen (secondary N) is 1. The maximum atomic E-state index is 9.63. The number of benzene rings is 2. The first-order valence-electron chi connectivity index (χ1n) is 9.99. The van der Waals surface area contributed by atoms with Crippen LogP contribution in [0.1, 0.15) is 30.9 Å². The number of rotatable bonds is 7. The quantitative estimate of drug-likeness (QED) is 0.763. The minimum atomic E-state index is -0.00251. The first-order valence-corrected chi connectivity index (χ1v) is 9.99. The topological polar surface area (TPSA) is 63.2 Å². The summed E-state index contributed by atoms with van der Waals surface area (Å²) in [6, 6.07) is 12.5. The molecule has 2 heterocycles. The van der Waals surface area contributed by atoms with Crippen molar-refractivity contribution in [1.29, 1.82) is 0 Å². The average molecular weight is 384 g/mol. The van der Waals surface area contributed by atoms with Crippen LogP contribution in [0.5, 0.6) is 17.2 Å². The summed E-state index contributed by atoms with van der Waals surface area (Å²) in [5.74, 6) is 2.39. The van der Waals surface area contributed by atoms with Crippen molar-refractivity contribution in [2.24, 2.45) is 0 Å². The predicted octanol–water partition coefficient (Wildman–Crippen LogP) is 3.38. The Labute approximate surface area is 166 Å². The summed E-state index contributed by atoms with van der Waals surface area (Å²) in [4.78, 5) is 2.46. The molecule has 0 radical (unpaired) electrons. The summed E-state index contributed by atoms with van der Waals surface area (Å²) < 4.78 is 16.4. The number of likely N-dealkylation sites (tertiary alicyclic amines) is 1. The zero-order valence-corrected chi connectivity index (χ0v) is 16.3. The summed E-state index contributed by atoms with van der Waals surface area (Å²) in [6.45, 7) is 5.79. The van der Waals surface area contributed by atoms with Gasteiger partial charge in [-0.05, 0) is 56.1 Å². The fourth-order valence-corrected chi connectivity index (χ4v) is 3.95. The van der Waals surface area contributed by atoms with Crippen molar-refractivity contribution in [3.63, 3.8) is 0 Å². The number of hydrogen-bond acceptors (Lipinski definition) is 6. The molecule has 0 aliphatic carbocycles. The summed E-state index contributed by atoms with van der Waals surface area (Å²) in [6.07, 6.45) is 2.31.